The molecular weight excluding hydrogens is 280 g/mol. The van der Waals surface area contributed by atoms with E-state index in [1.807, 2.05) is 0 Å². The van der Waals surface area contributed by atoms with Gasteiger partial charge in [-0.1, -0.05) is 0 Å². The zero-order valence-electron chi connectivity index (χ0n) is 11.9. The number of aliphatic carboxylic acids is 1. The van der Waals surface area contributed by atoms with Crippen LogP contribution in [0.3, 0.4) is 0 Å². The minimum absolute atomic E-state index is 0.183. The largest absolute Gasteiger partial charge is 0.481 e. The van der Waals surface area contributed by atoms with Crippen LogP contribution in [0.15, 0.2) is 0 Å². The molecule has 0 rings (SSSR count). The summed E-state index contributed by atoms with van der Waals surface area (Å²) < 4.78 is 0. The third kappa shape index (κ3) is 8.71. The molecular formula is C12H22N4O5. The van der Waals surface area contributed by atoms with Crippen LogP contribution in [0.4, 0.5) is 0 Å². The number of hydrogen-bond acceptors (Lipinski definition) is 6. The summed E-state index contributed by atoms with van der Waals surface area (Å²) in [5, 5.41) is 13.3. The quantitative estimate of drug-likeness (QED) is 0.299. The molecule has 0 aromatic heterocycles. The lowest BCUT2D eigenvalue weighted by atomic mass is 9.96. The highest BCUT2D eigenvalue weighted by Crippen LogP contribution is 2.08. The lowest BCUT2D eigenvalue weighted by Gasteiger charge is -2.13. The standard InChI is InChI=1S/C12H22N4O5/c1-7(14)12(21)16-6-10(18)15-5-9(17)8(2-3-13)4-11(19)20/h7-8H,2-6,13-14H2,1H3,(H,15,18)(H,16,21)(H,19,20). The van der Waals surface area contributed by atoms with Crippen molar-refractivity contribution >= 4 is 23.6 Å². The molecule has 2 unspecified atom stereocenters. The second-order valence-corrected chi connectivity index (χ2v) is 4.62. The molecule has 0 radical (unpaired) electrons. The van der Waals surface area contributed by atoms with Gasteiger partial charge in [-0.15, -0.1) is 0 Å². The van der Waals surface area contributed by atoms with Crippen molar-refractivity contribution in [2.45, 2.75) is 25.8 Å². The summed E-state index contributed by atoms with van der Waals surface area (Å²) >= 11 is 0. The highest BCUT2D eigenvalue weighted by Gasteiger charge is 2.21. The highest BCUT2D eigenvalue weighted by molar-refractivity contribution is 5.91. The van der Waals surface area contributed by atoms with Crippen molar-refractivity contribution in [2.75, 3.05) is 19.6 Å². The maximum Gasteiger partial charge on any atom is 0.304 e. The van der Waals surface area contributed by atoms with E-state index in [4.69, 9.17) is 16.6 Å². The third-order valence-electron chi connectivity index (χ3n) is 2.69. The van der Waals surface area contributed by atoms with E-state index in [1.54, 1.807) is 0 Å². The van der Waals surface area contributed by atoms with Crippen LogP contribution in [0.1, 0.15) is 19.8 Å². The number of amides is 2. The van der Waals surface area contributed by atoms with Crippen LogP contribution in [0.2, 0.25) is 0 Å². The molecule has 2 amide bonds. The molecule has 0 bridgehead atoms. The minimum atomic E-state index is -1.10. The van der Waals surface area contributed by atoms with Gasteiger partial charge in [0.1, 0.15) is 0 Å². The number of Topliss-reactive ketones (excluding diaryl/α,β-unsaturated/α-hetero) is 1. The van der Waals surface area contributed by atoms with Crippen molar-refractivity contribution in [3.8, 4) is 0 Å². The van der Waals surface area contributed by atoms with Gasteiger partial charge in [0.05, 0.1) is 25.6 Å². The molecule has 9 nitrogen and oxygen atoms in total. The van der Waals surface area contributed by atoms with Gasteiger partial charge in [-0.25, -0.2) is 0 Å². The van der Waals surface area contributed by atoms with Crippen LogP contribution >= 0.6 is 0 Å². The first-order chi connectivity index (χ1) is 9.77. The highest BCUT2D eigenvalue weighted by atomic mass is 16.4. The maximum absolute atomic E-state index is 11.8. The monoisotopic (exact) mass is 302 g/mol. The number of nitrogens with two attached hydrogens (primary N) is 2. The van der Waals surface area contributed by atoms with Crippen molar-refractivity contribution in [1.82, 2.24) is 10.6 Å². The zero-order valence-corrected chi connectivity index (χ0v) is 11.9. The summed E-state index contributed by atoms with van der Waals surface area (Å²) in [5.74, 6) is -3.28. The molecule has 2 atom stereocenters. The second kappa shape index (κ2) is 9.83. The number of hydrogen-bond donors (Lipinski definition) is 5. The summed E-state index contributed by atoms with van der Waals surface area (Å²) in [5.41, 5.74) is 10.6. The molecule has 0 saturated heterocycles. The van der Waals surface area contributed by atoms with Crippen molar-refractivity contribution < 1.29 is 24.3 Å². The minimum Gasteiger partial charge on any atom is -0.481 e. The number of nitrogens with one attached hydrogen (secondary N) is 2. The molecule has 0 aromatic carbocycles. The number of ketones is 1. The van der Waals surface area contributed by atoms with E-state index in [1.165, 1.54) is 6.92 Å². The molecule has 21 heavy (non-hydrogen) atoms. The third-order valence-corrected chi connectivity index (χ3v) is 2.69. The predicted octanol–water partition coefficient (Wildman–Crippen LogP) is -2.43. The molecule has 0 aliphatic rings. The summed E-state index contributed by atoms with van der Waals surface area (Å²) in [6.45, 7) is 1.06. The number of carbonyl (C=O) groups is 4. The van der Waals surface area contributed by atoms with E-state index in [0.29, 0.717) is 0 Å². The molecule has 0 aliphatic heterocycles. The van der Waals surface area contributed by atoms with Gasteiger partial charge in [-0.05, 0) is 19.9 Å². The Bertz CT molecular complexity index is 397. The second-order valence-electron chi connectivity index (χ2n) is 4.62. The lowest BCUT2D eigenvalue weighted by molar-refractivity contribution is -0.140. The van der Waals surface area contributed by atoms with Crippen molar-refractivity contribution in [1.29, 1.82) is 0 Å². The number of carboxylic acids is 1. The lowest BCUT2D eigenvalue weighted by Crippen LogP contribution is -2.44. The number of carbonyl (C=O) groups excluding carboxylic acids is 3. The van der Waals surface area contributed by atoms with Gasteiger partial charge in [0.15, 0.2) is 5.78 Å². The predicted molar refractivity (Wildman–Crippen MR) is 74.1 cm³/mol. The number of rotatable bonds is 10. The van der Waals surface area contributed by atoms with E-state index in [0.717, 1.165) is 0 Å². The molecule has 0 spiro atoms. The van der Waals surface area contributed by atoms with Crippen LogP contribution in [0.25, 0.3) is 0 Å². The SMILES string of the molecule is CC(N)C(=O)NCC(=O)NCC(=O)C(CCN)CC(=O)O. The first-order valence-corrected chi connectivity index (χ1v) is 6.52. The van der Waals surface area contributed by atoms with Crippen LogP contribution in [-0.2, 0) is 19.2 Å². The molecule has 0 saturated carbocycles. The van der Waals surface area contributed by atoms with Gasteiger partial charge in [-0.2, -0.15) is 0 Å². The molecule has 7 N–H and O–H groups in total. The summed E-state index contributed by atoms with van der Waals surface area (Å²) in [4.78, 5) is 45.0. The normalized spacial score (nSPS) is 13.1. The van der Waals surface area contributed by atoms with Crippen LogP contribution in [-0.4, -0.2) is 54.3 Å². The van der Waals surface area contributed by atoms with Crippen LogP contribution < -0.4 is 22.1 Å². The Morgan fingerprint density at radius 3 is 2.24 bits per heavy atom. The average Bonchev–Trinajstić information content (AvgIpc) is 2.40. The fourth-order valence-electron chi connectivity index (χ4n) is 1.51. The summed E-state index contributed by atoms with van der Waals surface area (Å²) in [7, 11) is 0. The van der Waals surface area contributed by atoms with Crippen LogP contribution in [0.5, 0.6) is 0 Å². The zero-order chi connectivity index (χ0) is 16.4. The van der Waals surface area contributed by atoms with Gasteiger partial charge < -0.3 is 27.2 Å². The van der Waals surface area contributed by atoms with Gasteiger partial charge >= 0.3 is 5.97 Å². The van der Waals surface area contributed by atoms with Crippen molar-refractivity contribution in [3.05, 3.63) is 0 Å². The fourth-order valence-corrected chi connectivity index (χ4v) is 1.51. The first-order valence-electron chi connectivity index (χ1n) is 6.52. The van der Waals surface area contributed by atoms with Crippen LogP contribution in [0, 0.1) is 5.92 Å². The Morgan fingerprint density at radius 2 is 1.76 bits per heavy atom. The fraction of sp³-hybridized carbons (Fsp3) is 0.667. The maximum atomic E-state index is 11.8. The van der Waals surface area contributed by atoms with E-state index in [2.05, 4.69) is 10.6 Å². The number of carboxylic acid groups (broad SMARTS) is 1. The Morgan fingerprint density at radius 1 is 1.14 bits per heavy atom. The average molecular weight is 302 g/mol. The van der Waals surface area contributed by atoms with Gasteiger partial charge in [0, 0.05) is 5.92 Å². The van der Waals surface area contributed by atoms with Gasteiger partial charge in [0.25, 0.3) is 0 Å². The molecule has 0 heterocycles. The molecule has 0 aliphatic carbocycles. The Kier molecular flexibility index (Phi) is 8.90. The topological polar surface area (TPSA) is 165 Å². The van der Waals surface area contributed by atoms with Gasteiger partial charge in [-0.3, -0.25) is 19.2 Å². The first kappa shape index (κ1) is 19.0. The summed E-state index contributed by atoms with van der Waals surface area (Å²) in [6.07, 6.45) is -0.0875. The molecule has 0 aromatic rings. The van der Waals surface area contributed by atoms with E-state index >= 15 is 0 Å². The van der Waals surface area contributed by atoms with Gasteiger partial charge in [0.2, 0.25) is 11.8 Å². The molecule has 9 heteroatoms. The van der Waals surface area contributed by atoms with Crippen molar-refractivity contribution in [2.24, 2.45) is 17.4 Å². The molecule has 0 fully saturated rings. The molecule has 120 valence electrons. The summed E-state index contributed by atoms with van der Waals surface area (Å²) in [6, 6.07) is -0.732. The smallest absolute Gasteiger partial charge is 0.304 e. The Labute approximate surface area is 122 Å². The Balaban J connectivity index is 4.17. The Hall–Kier alpha value is -2.00. The van der Waals surface area contributed by atoms with E-state index in [-0.39, 0.29) is 32.5 Å². The van der Waals surface area contributed by atoms with Crippen molar-refractivity contribution in [3.63, 3.8) is 0 Å². The van der Waals surface area contributed by atoms with E-state index in [9.17, 15) is 19.2 Å². The van der Waals surface area contributed by atoms with E-state index < -0.39 is 35.5 Å².